The molecule has 0 bridgehead atoms. The average molecular weight is 249 g/mol. The van der Waals surface area contributed by atoms with E-state index in [-0.39, 0.29) is 6.42 Å². The van der Waals surface area contributed by atoms with Gasteiger partial charge in [-0.3, -0.25) is 0 Å². The summed E-state index contributed by atoms with van der Waals surface area (Å²) < 4.78 is 20.8. The molecule has 0 aliphatic rings. The summed E-state index contributed by atoms with van der Waals surface area (Å²) in [7, 11) is -10.3. The smallest absolute Gasteiger partial charge is 0.377 e. The van der Waals surface area contributed by atoms with Crippen LogP contribution in [0.25, 0.3) is 0 Å². The van der Waals surface area contributed by atoms with E-state index in [1.54, 1.807) is 6.92 Å². The van der Waals surface area contributed by atoms with Crippen molar-refractivity contribution in [3.05, 3.63) is 0 Å². The van der Waals surface area contributed by atoms with Gasteiger partial charge in [-0.25, -0.2) is 9.13 Å². The SMILES string of the molecule is CCCC(O)N(P(=O)(O)O)P(=O)(O)O. The molecule has 0 fully saturated rings. The molecule has 0 aliphatic heterocycles. The van der Waals surface area contributed by atoms with Crippen molar-refractivity contribution in [2.24, 2.45) is 0 Å². The second kappa shape index (κ2) is 4.83. The molecule has 0 spiro atoms. The molecule has 8 nitrogen and oxygen atoms in total. The highest BCUT2D eigenvalue weighted by molar-refractivity contribution is 7.65. The van der Waals surface area contributed by atoms with Crippen molar-refractivity contribution in [2.45, 2.75) is 26.0 Å². The van der Waals surface area contributed by atoms with Gasteiger partial charge in [-0.05, 0) is 6.42 Å². The Labute approximate surface area is 80.6 Å². The van der Waals surface area contributed by atoms with Gasteiger partial charge in [0, 0.05) is 0 Å². The van der Waals surface area contributed by atoms with Crippen molar-refractivity contribution >= 4 is 15.5 Å². The molecule has 10 heteroatoms. The molecular weight excluding hydrogens is 236 g/mol. The van der Waals surface area contributed by atoms with E-state index in [0.29, 0.717) is 6.42 Å². The van der Waals surface area contributed by atoms with Gasteiger partial charge < -0.3 is 24.7 Å². The zero-order chi connectivity index (χ0) is 11.6. The highest BCUT2D eigenvalue weighted by Gasteiger charge is 2.44. The molecule has 0 aromatic heterocycles. The molecule has 1 unspecified atom stereocenters. The Morgan fingerprint density at radius 2 is 1.50 bits per heavy atom. The van der Waals surface area contributed by atoms with Crippen LogP contribution in [0.2, 0.25) is 0 Å². The highest BCUT2D eigenvalue weighted by Crippen LogP contribution is 2.59. The largest absolute Gasteiger partial charge is 0.414 e. The predicted molar refractivity (Wildman–Crippen MR) is 46.8 cm³/mol. The Bertz CT molecular complexity index is 247. The summed E-state index contributed by atoms with van der Waals surface area (Å²) in [5.41, 5.74) is 0. The lowest BCUT2D eigenvalue weighted by molar-refractivity contribution is 0.0658. The van der Waals surface area contributed by atoms with E-state index in [4.69, 9.17) is 24.7 Å². The molecule has 14 heavy (non-hydrogen) atoms. The van der Waals surface area contributed by atoms with E-state index in [9.17, 15) is 9.13 Å². The van der Waals surface area contributed by atoms with Gasteiger partial charge in [0.2, 0.25) is 0 Å². The van der Waals surface area contributed by atoms with Crippen LogP contribution in [-0.4, -0.2) is 35.3 Å². The Kier molecular flexibility index (Phi) is 4.90. The third-order valence-corrected chi connectivity index (χ3v) is 4.35. The standard InChI is InChI=1S/C4H13NO7P2/c1-2-3-4(6)5(13(7,8)9)14(10,11)12/h4,6H,2-3H2,1H3,(H2,7,8,9)(H2,10,11,12). The normalized spacial score (nSPS) is 15.9. The third-order valence-electron chi connectivity index (χ3n) is 1.35. The maximum atomic E-state index is 10.7. The maximum absolute atomic E-state index is 10.7. The lowest BCUT2D eigenvalue weighted by atomic mass is 10.3. The second-order valence-corrected chi connectivity index (χ2v) is 5.85. The molecule has 0 saturated heterocycles. The Balaban J connectivity index is 4.94. The summed E-state index contributed by atoms with van der Waals surface area (Å²) in [6.07, 6.45) is -1.67. The van der Waals surface area contributed by atoms with Gasteiger partial charge in [-0.1, -0.05) is 17.8 Å². The quantitative estimate of drug-likeness (QED) is 0.327. The van der Waals surface area contributed by atoms with E-state index < -0.39 is 26.2 Å². The first-order valence-corrected chi connectivity index (χ1v) is 6.83. The summed E-state index contributed by atoms with van der Waals surface area (Å²) in [6.45, 7) is 1.60. The highest BCUT2D eigenvalue weighted by atomic mass is 31.3. The van der Waals surface area contributed by atoms with E-state index in [0.717, 1.165) is 0 Å². The fraction of sp³-hybridized carbons (Fsp3) is 1.00. The van der Waals surface area contributed by atoms with Gasteiger partial charge in [0.15, 0.2) is 0 Å². The molecule has 0 amide bonds. The Hall–Kier alpha value is 0.220. The lowest BCUT2D eigenvalue weighted by Gasteiger charge is -2.27. The van der Waals surface area contributed by atoms with E-state index >= 15 is 0 Å². The van der Waals surface area contributed by atoms with Gasteiger partial charge in [0.05, 0.1) is 0 Å². The van der Waals surface area contributed by atoms with Crippen LogP contribution in [0.3, 0.4) is 0 Å². The van der Waals surface area contributed by atoms with E-state index in [1.165, 1.54) is 0 Å². The van der Waals surface area contributed by atoms with Crippen molar-refractivity contribution < 1.29 is 33.8 Å². The summed E-state index contributed by atoms with van der Waals surface area (Å²) in [5, 5.41) is 9.12. The Morgan fingerprint density at radius 1 is 1.14 bits per heavy atom. The van der Waals surface area contributed by atoms with E-state index in [1.807, 2.05) is 0 Å². The van der Waals surface area contributed by atoms with Crippen molar-refractivity contribution in [3.8, 4) is 0 Å². The van der Waals surface area contributed by atoms with Crippen LogP contribution >= 0.6 is 15.5 Å². The zero-order valence-corrected chi connectivity index (χ0v) is 9.17. The molecule has 0 heterocycles. The minimum absolute atomic E-state index is 0.143. The average Bonchev–Trinajstić information content (AvgIpc) is 1.78. The predicted octanol–water partition coefficient (Wildman–Crippen LogP) is -0.408. The molecule has 0 aliphatic carbocycles. The molecule has 0 aromatic rings. The monoisotopic (exact) mass is 249 g/mol. The first kappa shape index (κ1) is 14.2. The molecule has 0 aromatic carbocycles. The molecular formula is C4H13NO7P2. The van der Waals surface area contributed by atoms with Crippen LogP contribution in [0, 0.1) is 0 Å². The molecule has 86 valence electrons. The number of nitrogens with zero attached hydrogens (tertiary/aromatic N) is 1. The summed E-state index contributed by atoms with van der Waals surface area (Å²) in [4.78, 5) is 34.4. The van der Waals surface area contributed by atoms with Gasteiger partial charge in [-0.2, -0.15) is 0 Å². The second-order valence-electron chi connectivity index (χ2n) is 2.62. The third kappa shape index (κ3) is 4.16. The molecule has 1 atom stereocenters. The summed E-state index contributed by atoms with van der Waals surface area (Å²) in [6, 6.07) is 0. The molecule has 0 saturated carbocycles. The molecule has 0 rings (SSSR count). The van der Waals surface area contributed by atoms with Gasteiger partial charge in [0.1, 0.15) is 6.23 Å². The minimum atomic E-state index is -5.16. The van der Waals surface area contributed by atoms with Crippen molar-refractivity contribution in [2.75, 3.05) is 0 Å². The van der Waals surface area contributed by atoms with Gasteiger partial charge in [-0.15, -0.1) is 0 Å². The van der Waals surface area contributed by atoms with Crippen LogP contribution < -0.4 is 0 Å². The topological polar surface area (TPSA) is 139 Å². The number of rotatable bonds is 5. The minimum Gasteiger partial charge on any atom is -0.377 e. The van der Waals surface area contributed by atoms with E-state index in [2.05, 4.69) is 0 Å². The van der Waals surface area contributed by atoms with Crippen molar-refractivity contribution in [3.63, 3.8) is 0 Å². The van der Waals surface area contributed by atoms with Crippen molar-refractivity contribution in [1.82, 2.24) is 4.44 Å². The Morgan fingerprint density at radius 3 is 1.71 bits per heavy atom. The number of aliphatic hydroxyl groups is 1. The fourth-order valence-corrected chi connectivity index (χ4v) is 3.01. The maximum Gasteiger partial charge on any atom is 0.414 e. The molecule has 5 N–H and O–H groups in total. The van der Waals surface area contributed by atoms with Crippen LogP contribution in [0.1, 0.15) is 19.8 Å². The first-order chi connectivity index (χ1) is 6.10. The number of hydrogen-bond donors (Lipinski definition) is 5. The summed E-state index contributed by atoms with van der Waals surface area (Å²) in [5.74, 6) is 0. The van der Waals surface area contributed by atoms with Crippen LogP contribution in [0.15, 0.2) is 0 Å². The van der Waals surface area contributed by atoms with Crippen LogP contribution in [0.5, 0.6) is 0 Å². The number of hydrogen-bond acceptors (Lipinski definition) is 3. The lowest BCUT2D eigenvalue weighted by Crippen LogP contribution is -2.29. The molecule has 0 radical (unpaired) electrons. The fourth-order valence-electron chi connectivity index (χ4n) is 0.873. The van der Waals surface area contributed by atoms with Gasteiger partial charge in [0.25, 0.3) is 0 Å². The summed E-state index contributed by atoms with van der Waals surface area (Å²) >= 11 is 0. The van der Waals surface area contributed by atoms with Crippen molar-refractivity contribution in [1.29, 1.82) is 0 Å². The van der Waals surface area contributed by atoms with Crippen LogP contribution in [0.4, 0.5) is 0 Å². The zero-order valence-electron chi connectivity index (χ0n) is 7.39. The van der Waals surface area contributed by atoms with Gasteiger partial charge >= 0.3 is 15.5 Å². The number of aliphatic hydroxyl groups excluding tert-OH is 1. The van der Waals surface area contributed by atoms with Crippen LogP contribution in [-0.2, 0) is 9.13 Å². The first-order valence-electron chi connectivity index (χ1n) is 3.70.